The molecule has 7 heteroatoms. The minimum atomic E-state index is -0.482. The van der Waals surface area contributed by atoms with E-state index in [1.165, 1.54) is 0 Å². The van der Waals surface area contributed by atoms with Gasteiger partial charge in [0.2, 0.25) is 0 Å². The first kappa shape index (κ1) is 20.0. The Kier molecular flexibility index (Phi) is 5.82. The van der Waals surface area contributed by atoms with Gasteiger partial charge >= 0.3 is 6.09 Å². The van der Waals surface area contributed by atoms with E-state index >= 15 is 0 Å². The number of carbonyl (C=O) groups excluding carboxylic acids is 2. The number of amides is 2. The minimum Gasteiger partial charge on any atom is -0.497 e. The highest BCUT2D eigenvalue weighted by atomic mass is 16.6. The van der Waals surface area contributed by atoms with Gasteiger partial charge in [0, 0.05) is 36.7 Å². The van der Waals surface area contributed by atoms with E-state index in [9.17, 15) is 9.59 Å². The molecule has 28 heavy (non-hydrogen) atoms. The summed E-state index contributed by atoms with van der Waals surface area (Å²) in [5, 5.41) is 3.88. The Bertz CT molecular complexity index is 845. The Morgan fingerprint density at radius 2 is 1.96 bits per heavy atom. The van der Waals surface area contributed by atoms with Gasteiger partial charge in [-0.05, 0) is 57.7 Å². The number of nitrogens with zero attached hydrogens (tertiary/aromatic N) is 1. The lowest BCUT2D eigenvalue weighted by molar-refractivity contribution is 0.0183. The number of aromatic nitrogens is 1. The second-order valence-electron chi connectivity index (χ2n) is 8.23. The number of piperidine rings is 1. The molecule has 2 heterocycles. The van der Waals surface area contributed by atoms with Gasteiger partial charge in [0.15, 0.2) is 0 Å². The SMILES string of the molecule is COc1ccc2[nH]cc(C(=O)NCC3CCN(C(=O)OC(C)(C)C)CC3)c2c1. The maximum atomic E-state index is 12.6. The molecule has 0 bridgehead atoms. The van der Waals surface area contributed by atoms with Crippen LogP contribution in [0.3, 0.4) is 0 Å². The summed E-state index contributed by atoms with van der Waals surface area (Å²) in [5.41, 5.74) is 1.03. The van der Waals surface area contributed by atoms with Crippen LogP contribution in [-0.2, 0) is 4.74 Å². The van der Waals surface area contributed by atoms with Crippen molar-refractivity contribution >= 4 is 22.9 Å². The molecule has 1 fully saturated rings. The number of rotatable bonds is 4. The Hall–Kier alpha value is -2.70. The van der Waals surface area contributed by atoms with Gasteiger partial charge in [0.25, 0.3) is 5.91 Å². The molecule has 2 amide bonds. The lowest BCUT2D eigenvalue weighted by atomic mass is 9.97. The summed E-state index contributed by atoms with van der Waals surface area (Å²) in [4.78, 5) is 29.6. The van der Waals surface area contributed by atoms with Gasteiger partial charge in [-0.25, -0.2) is 4.79 Å². The highest BCUT2D eigenvalue weighted by molar-refractivity contribution is 6.07. The lowest BCUT2D eigenvalue weighted by Crippen LogP contribution is -2.43. The maximum absolute atomic E-state index is 12.6. The van der Waals surface area contributed by atoms with Crippen LogP contribution in [0.15, 0.2) is 24.4 Å². The van der Waals surface area contributed by atoms with Gasteiger partial charge in [-0.15, -0.1) is 0 Å². The number of carbonyl (C=O) groups is 2. The van der Waals surface area contributed by atoms with Crippen molar-refractivity contribution in [2.45, 2.75) is 39.2 Å². The number of nitrogens with one attached hydrogen (secondary N) is 2. The third kappa shape index (κ3) is 4.77. The van der Waals surface area contributed by atoms with Gasteiger partial charge in [0.1, 0.15) is 11.4 Å². The van der Waals surface area contributed by atoms with Crippen molar-refractivity contribution in [3.8, 4) is 5.75 Å². The predicted octanol–water partition coefficient (Wildman–Crippen LogP) is 3.55. The number of ether oxygens (including phenoxy) is 2. The molecule has 0 unspecified atom stereocenters. The normalized spacial score (nSPS) is 15.5. The van der Waals surface area contributed by atoms with Crippen molar-refractivity contribution in [3.05, 3.63) is 30.0 Å². The summed E-state index contributed by atoms with van der Waals surface area (Å²) in [5.74, 6) is 0.965. The number of methoxy groups -OCH3 is 1. The molecular weight excluding hydrogens is 358 g/mol. The van der Waals surface area contributed by atoms with Crippen LogP contribution in [0.5, 0.6) is 5.75 Å². The molecule has 3 rings (SSSR count). The van der Waals surface area contributed by atoms with E-state index in [2.05, 4.69) is 10.3 Å². The van der Waals surface area contributed by atoms with Gasteiger partial charge in [-0.2, -0.15) is 0 Å². The Morgan fingerprint density at radius 1 is 1.25 bits per heavy atom. The number of hydrogen-bond acceptors (Lipinski definition) is 4. The van der Waals surface area contributed by atoms with Crippen molar-refractivity contribution in [2.24, 2.45) is 5.92 Å². The molecule has 1 saturated heterocycles. The maximum Gasteiger partial charge on any atom is 0.410 e. The smallest absolute Gasteiger partial charge is 0.410 e. The number of aromatic amines is 1. The first-order valence-corrected chi connectivity index (χ1v) is 9.68. The topological polar surface area (TPSA) is 83.7 Å². The summed E-state index contributed by atoms with van der Waals surface area (Å²) < 4.78 is 10.7. The van der Waals surface area contributed by atoms with E-state index < -0.39 is 5.60 Å². The van der Waals surface area contributed by atoms with E-state index in [4.69, 9.17) is 9.47 Å². The second-order valence-corrected chi connectivity index (χ2v) is 8.23. The number of hydrogen-bond donors (Lipinski definition) is 2. The fourth-order valence-corrected chi connectivity index (χ4v) is 3.39. The molecule has 0 radical (unpaired) electrons. The highest BCUT2D eigenvalue weighted by Crippen LogP contribution is 2.24. The average molecular weight is 387 g/mol. The highest BCUT2D eigenvalue weighted by Gasteiger charge is 2.27. The first-order chi connectivity index (χ1) is 13.3. The van der Waals surface area contributed by atoms with E-state index in [0.29, 0.717) is 31.1 Å². The molecule has 1 aromatic carbocycles. The third-order valence-electron chi connectivity index (χ3n) is 4.95. The van der Waals surface area contributed by atoms with E-state index in [1.54, 1.807) is 18.2 Å². The van der Waals surface area contributed by atoms with Crippen molar-refractivity contribution in [3.63, 3.8) is 0 Å². The van der Waals surface area contributed by atoms with E-state index in [-0.39, 0.29) is 12.0 Å². The molecule has 0 aliphatic carbocycles. The molecule has 2 aromatic rings. The van der Waals surface area contributed by atoms with Crippen LogP contribution in [0.2, 0.25) is 0 Å². The second kappa shape index (κ2) is 8.12. The monoisotopic (exact) mass is 387 g/mol. The zero-order valence-corrected chi connectivity index (χ0v) is 17.0. The molecule has 1 aliphatic heterocycles. The molecular formula is C21H29N3O4. The van der Waals surface area contributed by atoms with Crippen LogP contribution >= 0.6 is 0 Å². The Labute approximate surface area is 165 Å². The zero-order valence-electron chi connectivity index (χ0n) is 17.0. The first-order valence-electron chi connectivity index (χ1n) is 9.68. The number of fused-ring (bicyclic) bond motifs is 1. The summed E-state index contributed by atoms with van der Waals surface area (Å²) in [7, 11) is 1.61. The van der Waals surface area contributed by atoms with E-state index in [0.717, 1.165) is 29.5 Å². The lowest BCUT2D eigenvalue weighted by Gasteiger charge is -2.33. The fraction of sp³-hybridized carbons (Fsp3) is 0.524. The average Bonchev–Trinajstić information content (AvgIpc) is 3.08. The molecule has 1 aromatic heterocycles. The third-order valence-corrected chi connectivity index (χ3v) is 4.95. The van der Waals surface area contributed by atoms with Crippen LogP contribution in [0.1, 0.15) is 44.0 Å². The van der Waals surface area contributed by atoms with Gasteiger partial charge < -0.3 is 24.7 Å². The van der Waals surface area contributed by atoms with Crippen LogP contribution in [0.4, 0.5) is 4.79 Å². The number of benzene rings is 1. The van der Waals surface area contributed by atoms with Gasteiger partial charge in [-0.3, -0.25) is 4.79 Å². The molecule has 0 saturated carbocycles. The minimum absolute atomic E-state index is 0.103. The van der Waals surface area contributed by atoms with Crippen molar-refractivity contribution in [1.82, 2.24) is 15.2 Å². The molecule has 1 aliphatic rings. The van der Waals surface area contributed by atoms with Crippen molar-refractivity contribution in [2.75, 3.05) is 26.7 Å². The number of likely N-dealkylation sites (tertiary alicyclic amines) is 1. The van der Waals surface area contributed by atoms with Gasteiger partial charge in [-0.1, -0.05) is 0 Å². The van der Waals surface area contributed by atoms with Crippen LogP contribution in [-0.4, -0.2) is 54.2 Å². The van der Waals surface area contributed by atoms with Crippen LogP contribution in [0.25, 0.3) is 10.9 Å². The van der Waals surface area contributed by atoms with Gasteiger partial charge in [0.05, 0.1) is 12.7 Å². The zero-order chi connectivity index (χ0) is 20.3. The summed E-state index contributed by atoms with van der Waals surface area (Å²) >= 11 is 0. The van der Waals surface area contributed by atoms with Crippen LogP contribution in [0, 0.1) is 5.92 Å². The predicted molar refractivity (Wildman–Crippen MR) is 108 cm³/mol. The van der Waals surface area contributed by atoms with E-state index in [1.807, 2.05) is 39.0 Å². The molecule has 0 atom stereocenters. The molecule has 152 valence electrons. The Morgan fingerprint density at radius 3 is 2.61 bits per heavy atom. The summed E-state index contributed by atoms with van der Waals surface area (Å²) in [6, 6.07) is 5.62. The van der Waals surface area contributed by atoms with Crippen molar-refractivity contribution in [1.29, 1.82) is 0 Å². The van der Waals surface area contributed by atoms with Crippen LogP contribution < -0.4 is 10.1 Å². The van der Waals surface area contributed by atoms with Crippen molar-refractivity contribution < 1.29 is 19.1 Å². The molecule has 0 spiro atoms. The summed E-state index contributed by atoms with van der Waals surface area (Å²) in [6.07, 6.45) is 3.16. The quantitative estimate of drug-likeness (QED) is 0.840. The fourth-order valence-electron chi connectivity index (χ4n) is 3.39. The largest absolute Gasteiger partial charge is 0.497 e. The molecule has 2 N–H and O–H groups in total. The standard InChI is InChI=1S/C21H29N3O4/c1-21(2,3)28-20(26)24-9-7-14(8-10-24)12-23-19(25)17-13-22-18-6-5-15(27-4)11-16(17)18/h5-6,11,13-14,22H,7-10,12H2,1-4H3,(H,23,25). The summed E-state index contributed by atoms with van der Waals surface area (Å²) in [6.45, 7) is 7.51. The number of H-pyrrole nitrogens is 1. The Balaban J connectivity index is 1.52. The molecule has 7 nitrogen and oxygen atoms in total.